The first-order valence-electron chi connectivity index (χ1n) is 4.73. The molecular formula is C10H15BO5. The molecular weight excluding hydrogens is 211 g/mol. The van der Waals surface area contributed by atoms with Gasteiger partial charge in [-0.25, -0.2) is 0 Å². The van der Waals surface area contributed by atoms with Crippen molar-refractivity contribution in [2.45, 2.75) is 6.61 Å². The Morgan fingerprint density at radius 2 is 1.56 bits per heavy atom. The van der Waals surface area contributed by atoms with Crippen molar-refractivity contribution in [3.05, 3.63) is 17.7 Å². The van der Waals surface area contributed by atoms with E-state index in [1.807, 2.05) is 0 Å². The Kier molecular flexibility index (Phi) is 4.60. The van der Waals surface area contributed by atoms with E-state index in [0.29, 0.717) is 18.1 Å². The average molecular weight is 226 g/mol. The van der Waals surface area contributed by atoms with E-state index < -0.39 is 7.12 Å². The highest BCUT2D eigenvalue weighted by Gasteiger charge is 2.23. The summed E-state index contributed by atoms with van der Waals surface area (Å²) in [6.07, 6.45) is 0. The van der Waals surface area contributed by atoms with Crippen LogP contribution < -0.4 is 14.9 Å². The molecule has 6 heteroatoms. The van der Waals surface area contributed by atoms with Crippen LogP contribution in [0.2, 0.25) is 0 Å². The molecule has 0 bridgehead atoms. The molecule has 2 N–H and O–H groups in total. The van der Waals surface area contributed by atoms with Crippen molar-refractivity contribution in [1.29, 1.82) is 0 Å². The van der Waals surface area contributed by atoms with Crippen LogP contribution in [0.15, 0.2) is 12.1 Å². The van der Waals surface area contributed by atoms with Gasteiger partial charge in [-0.1, -0.05) is 0 Å². The molecule has 0 saturated heterocycles. The van der Waals surface area contributed by atoms with Crippen molar-refractivity contribution in [2.24, 2.45) is 0 Å². The summed E-state index contributed by atoms with van der Waals surface area (Å²) in [6, 6.07) is 3.36. The van der Waals surface area contributed by atoms with Gasteiger partial charge in [0.2, 0.25) is 0 Å². The maximum Gasteiger partial charge on any atom is 0.496 e. The minimum Gasteiger partial charge on any atom is -0.497 e. The SMILES string of the molecule is COCc1cc(OC)c(B(O)O)c(OC)c1. The molecule has 5 nitrogen and oxygen atoms in total. The Hall–Kier alpha value is -1.24. The molecule has 0 unspecified atom stereocenters. The van der Waals surface area contributed by atoms with Crippen LogP contribution in [0.3, 0.4) is 0 Å². The Balaban J connectivity index is 3.25. The Morgan fingerprint density at radius 3 is 1.88 bits per heavy atom. The second-order valence-electron chi connectivity index (χ2n) is 3.22. The molecule has 1 aromatic carbocycles. The van der Waals surface area contributed by atoms with E-state index in [1.54, 1.807) is 19.2 Å². The number of rotatable bonds is 5. The number of methoxy groups -OCH3 is 3. The Morgan fingerprint density at radius 1 is 1.06 bits per heavy atom. The third-order valence-electron chi connectivity index (χ3n) is 2.17. The summed E-state index contributed by atoms with van der Waals surface area (Å²) >= 11 is 0. The largest absolute Gasteiger partial charge is 0.497 e. The van der Waals surface area contributed by atoms with Crippen LogP contribution in [0, 0.1) is 0 Å². The first kappa shape index (κ1) is 12.8. The quantitative estimate of drug-likeness (QED) is 0.664. The summed E-state index contributed by atoms with van der Waals surface area (Å²) in [5.74, 6) is 0.725. The summed E-state index contributed by atoms with van der Waals surface area (Å²) in [4.78, 5) is 0. The van der Waals surface area contributed by atoms with E-state index in [-0.39, 0.29) is 5.46 Å². The molecule has 0 heterocycles. The standard InChI is InChI=1S/C10H15BO5/c1-14-6-7-4-8(15-2)10(11(12)13)9(5-7)16-3/h4-5,12-13H,6H2,1-3H3. The van der Waals surface area contributed by atoms with Gasteiger partial charge in [0.1, 0.15) is 11.5 Å². The second-order valence-corrected chi connectivity index (χ2v) is 3.22. The highest BCUT2D eigenvalue weighted by atomic mass is 16.5. The van der Waals surface area contributed by atoms with Crippen molar-refractivity contribution in [3.63, 3.8) is 0 Å². The molecule has 0 aromatic heterocycles. The van der Waals surface area contributed by atoms with Crippen LogP contribution in [0.4, 0.5) is 0 Å². The van der Waals surface area contributed by atoms with Crippen LogP contribution in [0.1, 0.15) is 5.56 Å². The number of ether oxygens (including phenoxy) is 3. The lowest BCUT2D eigenvalue weighted by Crippen LogP contribution is -2.32. The fourth-order valence-electron chi connectivity index (χ4n) is 1.50. The lowest BCUT2D eigenvalue weighted by atomic mass is 9.78. The van der Waals surface area contributed by atoms with E-state index in [9.17, 15) is 10.0 Å². The number of hydrogen-bond donors (Lipinski definition) is 2. The predicted octanol–water partition coefficient (Wildman–Crippen LogP) is -0.470. The minimum absolute atomic E-state index is 0.213. The smallest absolute Gasteiger partial charge is 0.496 e. The molecule has 0 fully saturated rings. The number of benzene rings is 1. The highest BCUT2D eigenvalue weighted by Crippen LogP contribution is 2.21. The molecule has 0 aliphatic heterocycles. The number of hydrogen-bond acceptors (Lipinski definition) is 5. The molecule has 0 amide bonds. The van der Waals surface area contributed by atoms with Crippen LogP contribution in [0.25, 0.3) is 0 Å². The van der Waals surface area contributed by atoms with Gasteiger partial charge in [0, 0.05) is 7.11 Å². The zero-order chi connectivity index (χ0) is 12.1. The molecule has 16 heavy (non-hydrogen) atoms. The van der Waals surface area contributed by atoms with Gasteiger partial charge in [-0.05, 0) is 17.7 Å². The van der Waals surface area contributed by atoms with Crippen LogP contribution in [0.5, 0.6) is 11.5 Å². The van der Waals surface area contributed by atoms with Crippen molar-refractivity contribution >= 4 is 12.6 Å². The third-order valence-corrected chi connectivity index (χ3v) is 2.17. The summed E-state index contributed by atoms with van der Waals surface area (Å²) in [6.45, 7) is 0.397. The molecule has 0 aliphatic rings. The molecule has 0 atom stereocenters. The molecule has 1 aromatic rings. The molecule has 0 saturated carbocycles. The van der Waals surface area contributed by atoms with Crippen molar-refractivity contribution in [3.8, 4) is 11.5 Å². The van der Waals surface area contributed by atoms with Crippen LogP contribution in [-0.4, -0.2) is 38.5 Å². The topological polar surface area (TPSA) is 68.2 Å². The van der Waals surface area contributed by atoms with Crippen molar-refractivity contribution in [2.75, 3.05) is 21.3 Å². The van der Waals surface area contributed by atoms with Crippen molar-refractivity contribution in [1.82, 2.24) is 0 Å². The van der Waals surface area contributed by atoms with Crippen molar-refractivity contribution < 1.29 is 24.3 Å². The van der Waals surface area contributed by atoms with Gasteiger partial charge in [0.15, 0.2) is 0 Å². The lowest BCUT2D eigenvalue weighted by Gasteiger charge is -2.14. The van der Waals surface area contributed by atoms with Crippen LogP contribution in [-0.2, 0) is 11.3 Å². The Labute approximate surface area is 94.7 Å². The minimum atomic E-state index is -1.64. The van der Waals surface area contributed by atoms with Gasteiger partial charge in [0.25, 0.3) is 0 Å². The summed E-state index contributed by atoms with van der Waals surface area (Å²) in [7, 11) is 2.85. The molecule has 0 aliphatic carbocycles. The summed E-state index contributed by atoms with van der Waals surface area (Å²) in [5, 5.41) is 18.5. The monoisotopic (exact) mass is 226 g/mol. The summed E-state index contributed by atoms with van der Waals surface area (Å²) < 4.78 is 15.2. The first-order valence-corrected chi connectivity index (χ1v) is 4.73. The zero-order valence-electron chi connectivity index (χ0n) is 9.56. The normalized spacial score (nSPS) is 10.1. The third kappa shape index (κ3) is 2.66. The van der Waals surface area contributed by atoms with E-state index >= 15 is 0 Å². The van der Waals surface area contributed by atoms with Gasteiger partial charge in [-0.2, -0.15) is 0 Å². The fourth-order valence-corrected chi connectivity index (χ4v) is 1.50. The van der Waals surface area contributed by atoms with E-state index in [0.717, 1.165) is 5.56 Å². The fraction of sp³-hybridized carbons (Fsp3) is 0.400. The Bertz CT molecular complexity index is 328. The van der Waals surface area contributed by atoms with Gasteiger partial charge in [0.05, 0.1) is 26.3 Å². The molecule has 0 radical (unpaired) electrons. The first-order chi connectivity index (χ1) is 7.63. The second kappa shape index (κ2) is 5.74. The maximum absolute atomic E-state index is 9.23. The maximum atomic E-state index is 9.23. The average Bonchev–Trinajstić information content (AvgIpc) is 2.27. The van der Waals surface area contributed by atoms with E-state index in [2.05, 4.69) is 0 Å². The molecule has 1 rings (SSSR count). The lowest BCUT2D eigenvalue weighted by molar-refractivity contribution is 0.184. The van der Waals surface area contributed by atoms with E-state index in [1.165, 1.54) is 14.2 Å². The molecule has 88 valence electrons. The summed E-state index contributed by atoms with van der Waals surface area (Å²) in [5.41, 5.74) is 1.05. The zero-order valence-corrected chi connectivity index (χ0v) is 9.56. The van der Waals surface area contributed by atoms with Gasteiger partial charge < -0.3 is 24.3 Å². The van der Waals surface area contributed by atoms with Gasteiger partial charge in [-0.15, -0.1) is 0 Å². The van der Waals surface area contributed by atoms with Crippen LogP contribution >= 0.6 is 0 Å². The van der Waals surface area contributed by atoms with E-state index in [4.69, 9.17) is 14.2 Å². The van der Waals surface area contributed by atoms with Gasteiger partial charge in [-0.3, -0.25) is 0 Å². The predicted molar refractivity (Wildman–Crippen MR) is 60.1 cm³/mol. The van der Waals surface area contributed by atoms with Gasteiger partial charge >= 0.3 is 7.12 Å². The highest BCUT2D eigenvalue weighted by molar-refractivity contribution is 6.61. The molecule has 0 spiro atoms.